The van der Waals surface area contributed by atoms with Gasteiger partial charge in [0.05, 0.1) is 11.7 Å². The highest BCUT2D eigenvalue weighted by Crippen LogP contribution is 2.23. The monoisotopic (exact) mass is 431 g/mol. The molecule has 0 aliphatic carbocycles. The minimum atomic E-state index is -0.0680. The molecule has 1 aromatic carbocycles. The van der Waals surface area contributed by atoms with E-state index >= 15 is 0 Å². The molecule has 0 radical (unpaired) electrons. The average Bonchev–Trinajstić information content (AvgIpc) is 3.47. The van der Waals surface area contributed by atoms with Crippen molar-refractivity contribution < 1.29 is 9.32 Å². The predicted molar refractivity (Wildman–Crippen MR) is 123 cm³/mol. The molecule has 3 aromatic heterocycles. The Hall–Kier alpha value is -3.45. The second kappa shape index (κ2) is 9.36. The third-order valence-electron chi connectivity index (χ3n) is 6.02. The third kappa shape index (κ3) is 4.43. The zero-order valence-corrected chi connectivity index (χ0v) is 19.0. The van der Waals surface area contributed by atoms with Gasteiger partial charge in [-0.25, -0.2) is 4.98 Å². The van der Waals surface area contributed by atoms with Crippen LogP contribution in [0.3, 0.4) is 0 Å². The van der Waals surface area contributed by atoms with Crippen LogP contribution >= 0.6 is 0 Å². The van der Waals surface area contributed by atoms with Crippen molar-refractivity contribution in [3.05, 3.63) is 89.2 Å². The molecule has 0 aliphatic heterocycles. The van der Waals surface area contributed by atoms with E-state index in [9.17, 15) is 4.79 Å². The molecule has 0 unspecified atom stereocenters. The maximum Gasteiger partial charge on any atom is 0.274 e. The lowest BCUT2D eigenvalue weighted by Gasteiger charge is -2.23. The van der Waals surface area contributed by atoms with Crippen LogP contribution in [-0.4, -0.2) is 50.9 Å². The maximum absolute atomic E-state index is 13.5. The number of carbonyl (C=O) groups excluding carboxylic acids is 1. The molecule has 7 heteroatoms. The molecular weight excluding hydrogens is 402 g/mol. The molecule has 0 saturated heterocycles. The van der Waals surface area contributed by atoms with Crippen molar-refractivity contribution in [3.63, 3.8) is 0 Å². The first-order chi connectivity index (χ1) is 15.5. The fraction of sp³-hybridized carbons (Fsp3) is 0.320. The zero-order chi connectivity index (χ0) is 22.7. The Kier molecular flexibility index (Phi) is 6.37. The van der Waals surface area contributed by atoms with E-state index in [4.69, 9.17) is 9.51 Å². The third-order valence-corrected chi connectivity index (χ3v) is 6.02. The number of benzene rings is 1. The highest BCUT2D eigenvalue weighted by Gasteiger charge is 2.25. The smallest absolute Gasteiger partial charge is 0.274 e. The number of rotatable bonds is 8. The molecule has 32 heavy (non-hydrogen) atoms. The van der Waals surface area contributed by atoms with Gasteiger partial charge in [0.1, 0.15) is 17.6 Å². The average molecular weight is 432 g/mol. The van der Waals surface area contributed by atoms with E-state index in [-0.39, 0.29) is 11.9 Å². The van der Waals surface area contributed by atoms with Gasteiger partial charge in [0.15, 0.2) is 5.69 Å². The number of amides is 1. The fourth-order valence-electron chi connectivity index (χ4n) is 3.84. The largest absolute Gasteiger partial charge is 0.364 e. The van der Waals surface area contributed by atoms with Crippen molar-refractivity contribution in [1.82, 2.24) is 24.3 Å². The number of hydrogen-bond acceptors (Lipinski definition) is 5. The van der Waals surface area contributed by atoms with Gasteiger partial charge in [0, 0.05) is 32.4 Å². The van der Waals surface area contributed by atoms with Crippen molar-refractivity contribution in [2.75, 3.05) is 20.6 Å². The van der Waals surface area contributed by atoms with Gasteiger partial charge in [-0.2, -0.15) is 0 Å². The summed E-state index contributed by atoms with van der Waals surface area (Å²) in [6.07, 6.45) is 4.35. The molecule has 0 fully saturated rings. The Morgan fingerprint density at radius 1 is 1.12 bits per heavy atom. The van der Waals surface area contributed by atoms with Crippen molar-refractivity contribution in [2.45, 2.75) is 32.9 Å². The molecule has 7 nitrogen and oxygen atoms in total. The summed E-state index contributed by atoms with van der Waals surface area (Å²) in [6.45, 7) is 5.26. The number of fused-ring (bicyclic) bond motifs is 1. The van der Waals surface area contributed by atoms with E-state index < -0.39 is 0 Å². The molecule has 0 bridgehead atoms. The van der Waals surface area contributed by atoms with E-state index in [1.807, 2.05) is 68.0 Å². The molecule has 0 N–H and O–H groups in total. The second-order valence-electron chi connectivity index (χ2n) is 8.27. The number of nitrogens with zero attached hydrogens (tertiary/aromatic N) is 5. The topological polar surface area (TPSA) is 66.9 Å². The summed E-state index contributed by atoms with van der Waals surface area (Å²) in [6, 6.07) is 16.1. The molecule has 1 atom stereocenters. The van der Waals surface area contributed by atoms with Crippen LogP contribution in [0.25, 0.3) is 5.65 Å². The van der Waals surface area contributed by atoms with Gasteiger partial charge in [0.25, 0.3) is 5.91 Å². The number of hydrogen-bond donors (Lipinski definition) is 0. The summed E-state index contributed by atoms with van der Waals surface area (Å²) in [5.41, 5.74) is 5.27. The Labute approximate surface area is 188 Å². The van der Waals surface area contributed by atoms with Crippen molar-refractivity contribution in [3.8, 4) is 0 Å². The number of pyridine rings is 1. The van der Waals surface area contributed by atoms with Gasteiger partial charge in [0.2, 0.25) is 0 Å². The quantitative estimate of drug-likeness (QED) is 0.419. The molecule has 4 rings (SSSR count). The fourth-order valence-corrected chi connectivity index (χ4v) is 3.84. The molecule has 4 aromatic rings. The van der Waals surface area contributed by atoms with Crippen molar-refractivity contribution in [1.29, 1.82) is 0 Å². The molecule has 0 saturated carbocycles. The first-order valence-electron chi connectivity index (χ1n) is 10.8. The van der Waals surface area contributed by atoms with Gasteiger partial charge < -0.3 is 13.8 Å². The predicted octanol–water partition coefficient (Wildman–Crippen LogP) is 4.14. The normalized spacial score (nSPS) is 12.4. The Balaban J connectivity index is 1.61. The standard InChI is InChI=1S/C25H29N5O2/c1-18-9-8-14-30-22(17-29(4)19(2)21-13-16-32-27-21)23(26-24(18)30)25(31)28(3)15-12-20-10-6-5-7-11-20/h5-11,13-14,16,19H,12,15,17H2,1-4H3/t19-/m1/s1. The van der Waals surface area contributed by atoms with Crippen LogP contribution in [0.15, 0.2) is 65.5 Å². The summed E-state index contributed by atoms with van der Waals surface area (Å²) in [7, 11) is 3.86. The zero-order valence-electron chi connectivity index (χ0n) is 19.0. The summed E-state index contributed by atoms with van der Waals surface area (Å²) >= 11 is 0. The van der Waals surface area contributed by atoms with E-state index in [1.54, 1.807) is 11.2 Å². The Morgan fingerprint density at radius 2 is 1.91 bits per heavy atom. The molecule has 3 heterocycles. The van der Waals surface area contributed by atoms with Crippen LogP contribution in [0, 0.1) is 6.92 Å². The van der Waals surface area contributed by atoms with Gasteiger partial charge in [-0.1, -0.05) is 41.6 Å². The first kappa shape index (κ1) is 21.8. The van der Waals surface area contributed by atoms with E-state index in [1.165, 1.54) is 5.56 Å². The lowest BCUT2D eigenvalue weighted by molar-refractivity contribution is 0.0788. The minimum Gasteiger partial charge on any atom is -0.364 e. The lowest BCUT2D eigenvalue weighted by atomic mass is 10.1. The first-order valence-corrected chi connectivity index (χ1v) is 10.8. The van der Waals surface area contributed by atoms with Crippen LogP contribution in [0.4, 0.5) is 0 Å². The van der Waals surface area contributed by atoms with Crippen LogP contribution < -0.4 is 0 Å². The molecule has 1 amide bonds. The molecule has 0 aliphatic rings. The van der Waals surface area contributed by atoms with E-state index in [0.717, 1.165) is 29.0 Å². The maximum atomic E-state index is 13.5. The van der Waals surface area contributed by atoms with Crippen molar-refractivity contribution >= 4 is 11.6 Å². The van der Waals surface area contributed by atoms with Gasteiger partial charge in [-0.15, -0.1) is 0 Å². The number of imidazole rings is 1. The van der Waals surface area contributed by atoms with Gasteiger partial charge in [-0.05, 0) is 44.5 Å². The highest BCUT2D eigenvalue weighted by atomic mass is 16.5. The number of aryl methyl sites for hydroxylation is 1. The van der Waals surface area contributed by atoms with Gasteiger partial charge in [-0.3, -0.25) is 9.69 Å². The van der Waals surface area contributed by atoms with Crippen LogP contribution in [0.2, 0.25) is 0 Å². The van der Waals surface area contributed by atoms with E-state index in [0.29, 0.717) is 18.8 Å². The van der Waals surface area contributed by atoms with Crippen molar-refractivity contribution in [2.24, 2.45) is 0 Å². The molecule has 0 spiro atoms. The number of carbonyl (C=O) groups is 1. The van der Waals surface area contributed by atoms with Crippen LogP contribution in [0.1, 0.15) is 46.0 Å². The molecular formula is C25H29N5O2. The van der Waals surface area contributed by atoms with Gasteiger partial charge >= 0.3 is 0 Å². The van der Waals surface area contributed by atoms with Crippen LogP contribution in [0.5, 0.6) is 0 Å². The van der Waals surface area contributed by atoms with E-state index in [2.05, 4.69) is 29.1 Å². The molecule has 166 valence electrons. The Bertz CT molecular complexity index is 1180. The second-order valence-corrected chi connectivity index (χ2v) is 8.27. The summed E-state index contributed by atoms with van der Waals surface area (Å²) < 4.78 is 7.04. The highest BCUT2D eigenvalue weighted by molar-refractivity contribution is 5.94. The SMILES string of the molecule is Cc1cccn2c(CN(C)[C@H](C)c3ccon3)c(C(=O)N(C)CCc3ccccc3)nc12. The number of likely N-dealkylation sites (N-methyl/N-ethyl adjacent to an activating group) is 1. The number of aromatic nitrogens is 3. The lowest BCUT2D eigenvalue weighted by Crippen LogP contribution is -2.31. The Morgan fingerprint density at radius 3 is 2.62 bits per heavy atom. The van der Waals surface area contributed by atoms with Crippen LogP contribution in [-0.2, 0) is 13.0 Å². The minimum absolute atomic E-state index is 0.0304. The summed E-state index contributed by atoms with van der Waals surface area (Å²) in [4.78, 5) is 22.1. The summed E-state index contributed by atoms with van der Waals surface area (Å²) in [5, 5.41) is 4.07. The summed E-state index contributed by atoms with van der Waals surface area (Å²) in [5.74, 6) is -0.0680.